The van der Waals surface area contributed by atoms with Crippen LogP contribution in [-0.4, -0.2) is 73.4 Å². The molecule has 0 aromatic rings. The minimum absolute atomic E-state index is 0.0750. The first-order valence-electron chi connectivity index (χ1n) is 28.0. The summed E-state index contributed by atoms with van der Waals surface area (Å²) in [5, 5.41) is 14.0. The van der Waals surface area contributed by atoms with Crippen LogP contribution in [0.1, 0.15) is 258 Å². The monoisotopic (exact) mass is 950 g/mol. The van der Waals surface area contributed by atoms with E-state index in [2.05, 4.69) is 67.8 Å². The second kappa shape index (κ2) is 48.5. The van der Waals surface area contributed by atoms with Gasteiger partial charge in [-0.15, -0.1) is 0 Å². The Kier molecular flexibility index (Phi) is 47.4. The number of hydrogen-bond acceptors (Lipinski definition) is 5. The number of carbonyl (C=O) groups excluding carboxylic acids is 1. The third kappa shape index (κ3) is 50.3. The lowest BCUT2D eigenvalue weighted by Crippen LogP contribution is -2.46. The summed E-state index contributed by atoms with van der Waals surface area (Å²) in [6.45, 7) is 4.80. The first-order chi connectivity index (χ1) is 32.0. The van der Waals surface area contributed by atoms with Gasteiger partial charge in [0, 0.05) is 6.42 Å². The fraction of sp³-hybridized carbons (Fsp3) is 0.842. The molecule has 0 saturated heterocycles. The molecule has 0 spiro atoms. The van der Waals surface area contributed by atoms with Crippen LogP contribution < -0.4 is 5.32 Å². The molecule has 0 aliphatic rings. The highest BCUT2D eigenvalue weighted by atomic mass is 31.2. The molecule has 3 N–H and O–H groups in total. The van der Waals surface area contributed by atoms with Gasteiger partial charge in [0.25, 0.3) is 0 Å². The summed E-state index contributed by atoms with van der Waals surface area (Å²) >= 11 is 0. The number of likely N-dealkylation sites (N-methyl/N-ethyl adjacent to an activating group) is 1. The van der Waals surface area contributed by atoms with Gasteiger partial charge in [0.05, 0.1) is 39.9 Å². The molecule has 0 aromatic carbocycles. The number of aliphatic hydroxyl groups excluding tert-OH is 1. The number of unbranched alkanes of at least 4 members (excludes halogenated alkanes) is 30. The van der Waals surface area contributed by atoms with Gasteiger partial charge in [-0.25, -0.2) is 4.57 Å². The van der Waals surface area contributed by atoms with Crippen LogP contribution in [0.5, 0.6) is 0 Å². The van der Waals surface area contributed by atoms with Crippen LogP contribution in [0.3, 0.4) is 0 Å². The summed E-state index contributed by atoms with van der Waals surface area (Å²) in [6.07, 6.45) is 63.0. The number of nitrogens with zero attached hydrogens (tertiary/aromatic N) is 1. The number of rotatable bonds is 51. The molecule has 3 atom stereocenters. The van der Waals surface area contributed by atoms with Crippen molar-refractivity contribution in [3.63, 3.8) is 0 Å². The molecular weight excluding hydrogens is 840 g/mol. The third-order valence-corrected chi connectivity index (χ3v) is 13.6. The van der Waals surface area contributed by atoms with Gasteiger partial charge in [-0.3, -0.25) is 13.8 Å². The molecule has 0 aliphatic carbocycles. The van der Waals surface area contributed by atoms with Gasteiger partial charge in [0.1, 0.15) is 13.2 Å². The molecule has 1 amide bonds. The first kappa shape index (κ1) is 64.5. The topological polar surface area (TPSA) is 105 Å². The highest BCUT2D eigenvalue weighted by Gasteiger charge is 2.28. The second-order valence-corrected chi connectivity index (χ2v) is 21.7. The summed E-state index contributed by atoms with van der Waals surface area (Å²) in [6, 6.07) is -0.760. The Bertz CT molecular complexity index is 1210. The molecule has 0 radical (unpaired) electrons. The molecule has 3 unspecified atom stereocenters. The first-order valence-corrected chi connectivity index (χ1v) is 29.5. The van der Waals surface area contributed by atoms with E-state index in [9.17, 15) is 19.4 Å². The van der Waals surface area contributed by atoms with Crippen LogP contribution >= 0.6 is 7.82 Å². The van der Waals surface area contributed by atoms with Crippen molar-refractivity contribution in [2.75, 3.05) is 40.9 Å². The predicted octanol–water partition coefficient (Wildman–Crippen LogP) is 16.8. The fourth-order valence-corrected chi connectivity index (χ4v) is 8.95. The van der Waals surface area contributed by atoms with Crippen molar-refractivity contribution in [2.24, 2.45) is 0 Å². The molecule has 8 nitrogen and oxygen atoms in total. The molecule has 0 fully saturated rings. The maximum absolute atomic E-state index is 13.0. The van der Waals surface area contributed by atoms with Crippen LogP contribution in [0.25, 0.3) is 0 Å². The largest absolute Gasteiger partial charge is 0.472 e. The van der Waals surface area contributed by atoms with Crippen molar-refractivity contribution >= 4 is 13.7 Å². The Morgan fingerprint density at radius 2 is 0.909 bits per heavy atom. The SMILES string of the molecule is CC/C=C\C/C=C\C/C=C\C/C=C\CCCCCCCCCCCCCCCCCCC(=O)NC(COP(=O)(O)OCC[N+](C)(C)C)C(O)CCCCCCCCCCCCCCCCC. The summed E-state index contributed by atoms with van der Waals surface area (Å²) in [5.74, 6) is -0.143. The van der Waals surface area contributed by atoms with Gasteiger partial charge in [-0.2, -0.15) is 0 Å². The van der Waals surface area contributed by atoms with E-state index in [1.165, 1.54) is 167 Å². The Labute approximate surface area is 409 Å². The van der Waals surface area contributed by atoms with E-state index in [4.69, 9.17) is 9.05 Å². The average molecular weight is 950 g/mol. The lowest BCUT2D eigenvalue weighted by Gasteiger charge is -2.26. The fourth-order valence-electron chi connectivity index (χ4n) is 8.22. The zero-order valence-electron chi connectivity index (χ0n) is 44.2. The molecule has 0 rings (SSSR count). The Balaban J connectivity index is 4.09. The van der Waals surface area contributed by atoms with E-state index in [1.54, 1.807) is 0 Å². The zero-order chi connectivity index (χ0) is 48.5. The smallest absolute Gasteiger partial charge is 0.391 e. The number of hydrogen-bond donors (Lipinski definition) is 3. The number of aliphatic hydroxyl groups is 1. The van der Waals surface area contributed by atoms with Gasteiger partial charge in [-0.1, -0.05) is 249 Å². The van der Waals surface area contributed by atoms with E-state index in [1.807, 2.05) is 21.1 Å². The van der Waals surface area contributed by atoms with Gasteiger partial charge >= 0.3 is 7.82 Å². The van der Waals surface area contributed by atoms with Crippen molar-refractivity contribution in [1.29, 1.82) is 0 Å². The maximum Gasteiger partial charge on any atom is 0.472 e. The van der Waals surface area contributed by atoms with E-state index in [0.717, 1.165) is 64.2 Å². The molecule has 0 aromatic heterocycles. The highest BCUT2D eigenvalue weighted by molar-refractivity contribution is 7.47. The van der Waals surface area contributed by atoms with Crippen molar-refractivity contribution in [3.8, 4) is 0 Å². The number of amides is 1. The van der Waals surface area contributed by atoms with Crippen molar-refractivity contribution in [2.45, 2.75) is 270 Å². The van der Waals surface area contributed by atoms with Crippen molar-refractivity contribution in [1.82, 2.24) is 5.32 Å². The lowest BCUT2D eigenvalue weighted by atomic mass is 10.0. The molecule has 0 saturated carbocycles. The minimum atomic E-state index is -4.32. The standard InChI is InChI=1S/C57H109N2O6P/c1-6-8-10-12-14-16-18-20-22-23-24-25-26-27-28-29-30-31-32-33-34-35-37-39-41-43-45-47-49-51-57(61)58-55(54-65-66(62,63)64-53-52-59(3,4)5)56(60)50-48-46-44-42-40-38-36-21-19-17-15-13-11-9-7-2/h8,10,14,16,20,22,24-25,55-56,60H,6-7,9,11-13,15,17-19,21,23,26-54H2,1-5H3,(H-,58,61,62,63)/p+1/b10-8-,16-14-,22-20-,25-24-. The summed E-state index contributed by atoms with van der Waals surface area (Å²) in [4.78, 5) is 23.3. The van der Waals surface area contributed by atoms with Gasteiger partial charge in [0.15, 0.2) is 0 Å². The van der Waals surface area contributed by atoms with Gasteiger partial charge < -0.3 is 19.8 Å². The molecule has 9 heteroatoms. The summed E-state index contributed by atoms with van der Waals surface area (Å²) in [7, 11) is 1.62. The second-order valence-electron chi connectivity index (χ2n) is 20.3. The summed E-state index contributed by atoms with van der Waals surface area (Å²) in [5.41, 5.74) is 0. The number of phosphoric acid groups is 1. The van der Waals surface area contributed by atoms with E-state index in [0.29, 0.717) is 23.9 Å². The van der Waals surface area contributed by atoms with E-state index < -0.39 is 20.0 Å². The number of carbonyl (C=O) groups is 1. The Hall–Kier alpha value is -1.54. The van der Waals surface area contributed by atoms with Crippen LogP contribution in [0, 0.1) is 0 Å². The predicted molar refractivity (Wildman–Crippen MR) is 286 cm³/mol. The van der Waals surface area contributed by atoms with E-state index in [-0.39, 0.29) is 19.1 Å². The van der Waals surface area contributed by atoms with Crippen LogP contribution in [0.15, 0.2) is 48.6 Å². The molecule has 388 valence electrons. The number of phosphoric ester groups is 1. The van der Waals surface area contributed by atoms with Crippen LogP contribution in [0.2, 0.25) is 0 Å². The van der Waals surface area contributed by atoms with Crippen molar-refractivity contribution < 1.29 is 32.9 Å². The number of nitrogens with one attached hydrogen (secondary N) is 1. The minimum Gasteiger partial charge on any atom is -0.391 e. The van der Waals surface area contributed by atoms with E-state index >= 15 is 0 Å². The lowest BCUT2D eigenvalue weighted by molar-refractivity contribution is -0.870. The molecule has 0 bridgehead atoms. The van der Waals surface area contributed by atoms with Gasteiger partial charge in [0.2, 0.25) is 5.91 Å². The van der Waals surface area contributed by atoms with Crippen LogP contribution in [-0.2, 0) is 18.4 Å². The normalized spacial score (nSPS) is 14.3. The van der Waals surface area contributed by atoms with Gasteiger partial charge in [-0.05, 0) is 51.4 Å². The maximum atomic E-state index is 13.0. The Morgan fingerprint density at radius 1 is 0.530 bits per heavy atom. The average Bonchev–Trinajstić information content (AvgIpc) is 3.28. The highest BCUT2D eigenvalue weighted by Crippen LogP contribution is 2.43. The van der Waals surface area contributed by atoms with Crippen molar-refractivity contribution in [3.05, 3.63) is 48.6 Å². The molecule has 0 heterocycles. The molecule has 0 aliphatic heterocycles. The number of quaternary nitrogens is 1. The molecular formula is C57H110N2O6P+. The molecule has 66 heavy (non-hydrogen) atoms. The number of allylic oxidation sites excluding steroid dienone is 8. The van der Waals surface area contributed by atoms with Crippen LogP contribution in [0.4, 0.5) is 0 Å². The summed E-state index contributed by atoms with van der Waals surface area (Å²) < 4.78 is 23.7. The Morgan fingerprint density at radius 3 is 1.33 bits per heavy atom. The zero-order valence-corrected chi connectivity index (χ0v) is 45.1. The quantitative estimate of drug-likeness (QED) is 0.0243. The third-order valence-electron chi connectivity index (χ3n) is 12.6.